The second kappa shape index (κ2) is 11.0. The molecule has 1 fully saturated rings. The minimum Gasteiger partial charge on any atom is -0.386 e. The quantitative estimate of drug-likeness (QED) is 0.452. The van der Waals surface area contributed by atoms with E-state index in [-0.39, 0.29) is 0 Å². The van der Waals surface area contributed by atoms with Crippen molar-refractivity contribution in [2.45, 2.75) is 39.7 Å². The summed E-state index contributed by atoms with van der Waals surface area (Å²) in [6.07, 6.45) is 1.97. The average Bonchev–Trinajstić information content (AvgIpc) is 3.14. The summed E-state index contributed by atoms with van der Waals surface area (Å²) in [7, 11) is 0. The summed E-state index contributed by atoms with van der Waals surface area (Å²) in [5, 5.41) is 18.6. The van der Waals surface area contributed by atoms with Crippen molar-refractivity contribution in [2.75, 3.05) is 39.3 Å². The number of thiophene rings is 1. The van der Waals surface area contributed by atoms with Crippen molar-refractivity contribution in [3.8, 4) is 0 Å². The summed E-state index contributed by atoms with van der Waals surface area (Å²) in [5.41, 5.74) is 0. The molecule has 1 saturated heterocycles. The second-order valence-electron chi connectivity index (χ2n) is 8.46. The Balaban J connectivity index is 1.53. The van der Waals surface area contributed by atoms with Crippen LogP contribution in [0.2, 0.25) is 0 Å². The van der Waals surface area contributed by atoms with Crippen molar-refractivity contribution in [3.05, 3.63) is 35.2 Å². The molecule has 29 heavy (non-hydrogen) atoms. The van der Waals surface area contributed by atoms with E-state index in [2.05, 4.69) is 59.5 Å². The molecule has 0 radical (unpaired) electrons. The first-order valence-electron chi connectivity index (χ1n) is 11.0. The summed E-state index contributed by atoms with van der Waals surface area (Å²) in [6.45, 7) is 12.3. The van der Waals surface area contributed by atoms with E-state index in [4.69, 9.17) is 0 Å². The smallest absolute Gasteiger partial charge is 0.191 e. The Morgan fingerprint density at radius 1 is 1.31 bits per heavy atom. The average molecular weight is 417 g/mol. The third-order valence-electron chi connectivity index (χ3n) is 5.32. The Morgan fingerprint density at radius 2 is 2.14 bits per heavy atom. The van der Waals surface area contributed by atoms with Crippen molar-refractivity contribution < 1.29 is 5.11 Å². The maximum atomic E-state index is 10.6. The van der Waals surface area contributed by atoms with Crippen LogP contribution < -0.4 is 10.6 Å². The van der Waals surface area contributed by atoms with Gasteiger partial charge in [-0.05, 0) is 55.7 Å². The highest BCUT2D eigenvalue weighted by molar-refractivity contribution is 7.19. The van der Waals surface area contributed by atoms with Gasteiger partial charge >= 0.3 is 0 Å². The Labute approximate surface area is 179 Å². The molecule has 0 saturated carbocycles. The van der Waals surface area contributed by atoms with Crippen LogP contribution in [0.3, 0.4) is 0 Å². The van der Waals surface area contributed by atoms with Gasteiger partial charge in [0.1, 0.15) is 6.10 Å². The number of nitrogens with zero attached hydrogens (tertiary/aromatic N) is 2. The lowest BCUT2D eigenvalue weighted by Crippen LogP contribution is -2.45. The molecule has 2 unspecified atom stereocenters. The molecule has 6 heteroatoms. The number of hydrogen-bond donors (Lipinski definition) is 3. The molecular formula is C23H36N4OS. The predicted octanol–water partition coefficient (Wildman–Crippen LogP) is 3.86. The normalized spacial score (nSPS) is 19.6. The molecule has 2 heterocycles. The number of aliphatic hydroxyl groups is 1. The maximum absolute atomic E-state index is 10.6. The molecule has 1 aliphatic heterocycles. The number of aliphatic imine (C=N–C) groups is 1. The van der Waals surface area contributed by atoms with Crippen molar-refractivity contribution in [1.82, 2.24) is 15.5 Å². The van der Waals surface area contributed by atoms with E-state index in [0.29, 0.717) is 12.5 Å². The fraction of sp³-hybridized carbons (Fsp3) is 0.609. The highest BCUT2D eigenvalue weighted by Gasteiger charge is 2.20. The lowest BCUT2D eigenvalue weighted by atomic mass is 9.97. The number of nitrogens with one attached hydrogen (secondary N) is 2. The summed E-state index contributed by atoms with van der Waals surface area (Å²) in [4.78, 5) is 8.22. The lowest BCUT2D eigenvalue weighted by molar-refractivity contribution is 0.159. The van der Waals surface area contributed by atoms with E-state index in [9.17, 15) is 5.11 Å². The zero-order chi connectivity index (χ0) is 20.6. The summed E-state index contributed by atoms with van der Waals surface area (Å²) < 4.78 is 1.21. The van der Waals surface area contributed by atoms with Crippen LogP contribution in [0.1, 0.15) is 44.6 Å². The monoisotopic (exact) mass is 416 g/mol. The number of piperidine rings is 1. The standard InChI is InChI=1S/C23H36N4OS/c1-4-24-23(25-13-18-8-7-11-27(16-18)15-17(2)3)26-14-20(28)22-12-19-9-5-6-10-21(19)29-22/h5-6,9-10,12,17-18,20,28H,4,7-8,11,13-16H2,1-3H3,(H2,24,25,26). The van der Waals surface area contributed by atoms with Crippen LogP contribution in [-0.2, 0) is 0 Å². The fourth-order valence-corrected chi connectivity index (χ4v) is 5.06. The molecule has 1 aromatic heterocycles. The third kappa shape index (κ3) is 6.69. The summed E-state index contributed by atoms with van der Waals surface area (Å²) in [5.74, 6) is 2.17. The molecular weight excluding hydrogens is 380 g/mol. The van der Waals surface area contributed by atoms with Crippen LogP contribution in [-0.4, -0.2) is 55.2 Å². The van der Waals surface area contributed by atoms with E-state index in [1.807, 2.05) is 12.1 Å². The van der Waals surface area contributed by atoms with E-state index in [0.717, 1.165) is 36.4 Å². The molecule has 160 valence electrons. The van der Waals surface area contributed by atoms with E-state index in [1.54, 1.807) is 11.3 Å². The van der Waals surface area contributed by atoms with Crippen molar-refractivity contribution >= 4 is 27.4 Å². The Kier molecular flexibility index (Phi) is 8.33. The van der Waals surface area contributed by atoms with Crippen molar-refractivity contribution in [2.24, 2.45) is 16.8 Å². The van der Waals surface area contributed by atoms with Gasteiger partial charge in [0.05, 0.1) is 6.54 Å². The second-order valence-corrected chi connectivity index (χ2v) is 9.58. The van der Waals surface area contributed by atoms with Gasteiger partial charge in [-0.15, -0.1) is 11.3 Å². The van der Waals surface area contributed by atoms with Gasteiger partial charge in [0.15, 0.2) is 5.96 Å². The Morgan fingerprint density at radius 3 is 2.90 bits per heavy atom. The molecule has 3 N–H and O–H groups in total. The fourth-order valence-electron chi connectivity index (χ4n) is 4.02. The first-order chi connectivity index (χ1) is 14.0. The summed E-state index contributed by atoms with van der Waals surface area (Å²) in [6, 6.07) is 10.3. The minimum absolute atomic E-state index is 0.367. The number of benzene rings is 1. The van der Waals surface area contributed by atoms with E-state index >= 15 is 0 Å². The topological polar surface area (TPSA) is 59.9 Å². The van der Waals surface area contributed by atoms with Gasteiger partial charge in [-0.2, -0.15) is 0 Å². The van der Waals surface area contributed by atoms with Crippen LogP contribution >= 0.6 is 11.3 Å². The highest BCUT2D eigenvalue weighted by Crippen LogP contribution is 2.29. The van der Waals surface area contributed by atoms with Gasteiger partial charge < -0.3 is 20.6 Å². The molecule has 0 amide bonds. The first kappa shape index (κ1) is 22.1. The molecule has 3 rings (SSSR count). The number of hydrogen-bond acceptors (Lipinski definition) is 4. The van der Waals surface area contributed by atoms with Crippen LogP contribution in [0, 0.1) is 11.8 Å². The Hall–Kier alpha value is -1.63. The van der Waals surface area contributed by atoms with Gasteiger partial charge in [0.2, 0.25) is 0 Å². The lowest BCUT2D eigenvalue weighted by Gasteiger charge is -2.34. The predicted molar refractivity (Wildman–Crippen MR) is 125 cm³/mol. The van der Waals surface area contributed by atoms with Crippen LogP contribution in [0.5, 0.6) is 0 Å². The number of fused-ring (bicyclic) bond motifs is 1. The molecule has 1 aromatic carbocycles. The van der Waals surface area contributed by atoms with Gasteiger partial charge in [-0.25, -0.2) is 0 Å². The maximum Gasteiger partial charge on any atom is 0.191 e. The van der Waals surface area contributed by atoms with E-state index in [1.165, 1.54) is 36.0 Å². The van der Waals surface area contributed by atoms with Gasteiger partial charge in [-0.3, -0.25) is 4.99 Å². The first-order valence-corrected chi connectivity index (χ1v) is 11.8. The van der Waals surface area contributed by atoms with Gasteiger partial charge in [0, 0.05) is 35.8 Å². The largest absolute Gasteiger partial charge is 0.386 e. The number of rotatable bonds is 8. The van der Waals surface area contributed by atoms with Crippen molar-refractivity contribution in [1.29, 1.82) is 0 Å². The molecule has 0 aliphatic carbocycles. The number of guanidine groups is 1. The molecule has 2 aromatic rings. The zero-order valence-electron chi connectivity index (χ0n) is 18.0. The zero-order valence-corrected chi connectivity index (χ0v) is 18.8. The minimum atomic E-state index is -0.570. The number of aliphatic hydroxyl groups excluding tert-OH is 1. The number of likely N-dealkylation sites (tertiary alicyclic amines) is 1. The molecule has 0 bridgehead atoms. The summed E-state index contributed by atoms with van der Waals surface area (Å²) >= 11 is 1.65. The van der Waals surface area contributed by atoms with Crippen LogP contribution in [0.15, 0.2) is 35.3 Å². The van der Waals surface area contributed by atoms with Crippen LogP contribution in [0.4, 0.5) is 0 Å². The van der Waals surface area contributed by atoms with Crippen LogP contribution in [0.25, 0.3) is 10.1 Å². The van der Waals surface area contributed by atoms with Crippen molar-refractivity contribution in [3.63, 3.8) is 0 Å². The Bertz CT molecular complexity index is 755. The van der Waals surface area contributed by atoms with E-state index < -0.39 is 6.10 Å². The highest BCUT2D eigenvalue weighted by atomic mass is 32.1. The molecule has 2 atom stereocenters. The van der Waals surface area contributed by atoms with Gasteiger partial charge in [-0.1, -0.05) is 32.0 Å². The third-order valence-corrected chi connectivity index (χ3v) is 6.54. The SMILES string of the molecule is CCNC(=NCC(O)c1cc2ccccc2s1)NCC1CCCN(CC(C)C)C1. The van der Waals surface area contributed by atoms with Gasteiger partial charge in [0.25, 0.3) is 0 Å². The molecule has 5 nitrogen and oxygen atoms in total. The molecule has 1 aliphatic rings. The molecule has 0 spiro atoms.